The number of carboxylic acid groups (broad SMARTS) is 1. The summed E-state index contributed by atoms with van der Waals surface area (Å²) in [4.78, 5) is 19.0. The van der Waals surface area contributed by atoms with Gasteiger partial charge in [0.15, 0.2) is 0 Å². The number of aliphatic carboxylic acids is 1. The molecule has 1 aliphatic heterocycles. The lowest BCUT2D eigenvalue weighted by atomic mass is 9.99. The Kier molecular flexibility index (Phi) is 3.80. The van der Waals surface area contributed by atoms with Crippen molar-refractivity contribution in [3.05, 3.63) is 17.5 Å². The zero-order valence-electron chi connectivity index (χ0n) is 12.8. The maximum Gasteiger partial charge on any atom is 0.284 e. The Balaban J connectivity index is 1.91. The van der Waals surface area contributed by atoms with E-state index in [2.05, 4.69) is 15.1 Å². The summed E-state index contributed by atoms with van der Waals surface area (Å²) in [5, 5.41) is 14.6. The molecule has 0 spiro atoms. The molecule has 10 heteroatoms. The number of aryl methyl sites for hydroxylation is 2. The van der Waals surface area contributed by atoms with Crippen molar-refractivity contribution in [3.63, 3.8) is 0 Å². The van der Waals surface area contributed by atoms with Gasteiger partial charge in [-0.1, -0.05) is 0 Å². The number of carboxylic acids is 1. The highest BCUT2D eigenvalue weighted by atomic mass is 32.2. The van der Waals surface area contributed by atoms with E-state index in [1.807, 2.05) is 0 Å². The number of hydrogen-bond donors (Lipinski definition) is 0. The second-order valence-electron chi connectivity index (χ2n) is 5.64. The maximum absolute atomic E-state index is 12.6. The van der Waals surface area contributed by atoms with E-state index >= 15 is 0 Å². The zero-order valence-corrected chi connectivity index (χ0v) is 13.6. The van der Waals surface area contributed by atoms with Gasteiger partial charge in [-0.05, 0) is 32.8 Å². The first-order valence-corrected chi connectivity index (χ1v) is 8.65. The van der Waals surface area contributed by atoms with Crippen LogP contribution in [0, 0.1) is 19.8 Å². The quantitative estimate of drug-likeness (QED) is 0.696. The van der Waals surface area contributed by atoms with Crippen LogP contribution in [0.4, 0.5) is 0 Å². The number of carbonyl (C=O) groups is 1. The van der Waals surface area contributed by atoms with E-state index < -0.39 is 21.9 Å². The normalized spacial score (nSPS) is 17.7. The lowest BCUT2D eigenvalue weighted by Gasteiger charge is -2.30. The van der Waals surface area contributed by atoms with Crippen molar-refractivity contribution >= 4 is 21.8 Å². The van der Waals surface area contributed by atoms with Crippen LogP contribution in [0.3, 0.4) is 0 Å². The molecule has 0 aliphatic carbocycles. The average Bonchev–Trinajstić information content (AvgIpc) is 2.92. The van der Waals surface area contributed by atoms with Gasteiger partial charge >= 0.3 is 0 Å². The Morgan fingerprint density at radius 3 is 2.52 bits per heavy atom. The van der Waals surface area contributed by atoms with E-state index in [0.29, 0.717) is 0 Å². The Bertz CT molecular complexity index is 868. The fourth-order valence-corrected chi connectivity index (χ4v) is 4.01. The number of carbonyl (C=O) groups excluding carboxylic acids is 1. The molecule has 1 saturated heterocycles. The van der Waals surface area contributed by atoms with Crippen molar-refractivity contribution in [2.45, 2.75) is 31.8 Å². The molecule has 1 fully saturated rings. The van der Waals surface area contributed by atoms with Gasteiger partial charge in [-0.3, -0.25) is 0 Å². The predicted molar refractivity (Wildman–Crippen MR) is 76.7 cm³/mol. The standard InChI is InChI=1S/C13H17N5O4S/c1-8-7-9(2)18-12(14-8)15-13(16-18)23(21,22)17-5-3-10(4-6-17)11(19)20/h7,10H,3-6H2,1-2H3,(H,19,20)/p-1. The Labute approximate surface area is 133 Å². The first kappa shape index (κ1) is 15.8. The molecule has 2 aromatic rings. The molecule has 0 aromatic carbocycles. The molecule has 124 valence electrons. The maximum atomic E-state index is 12.6. The molecule has 0 radical (unpaired) electrons. The number of nitrogens with zero attached hydrogens (tertiary/aromatic N) is 5. The van der Waals surface area contributed by atoms with E-state index in [1.54, 1.807) is 19.9 Å². The van der Waals surface area contributed by atoms with E-state index in [9.17, 15) is 18.3 Å². The summed E-state index contributed by atoms with van der Waals surface area (Å²) in [6, 6.07) is 1.78. The highest BCUT2D eigenvalue weighted by Crippen LogP contribution is 2.22. The van der Waals surface area contributed by atoms with Crippen LogP contribution in [-0.2, 0) is 14.8 Å². The number of rotatable bonds is 3. The second-order valence-corrected chi connectivity index (χ2v) is 7.47. The van der Waals surface area contributed by atoms with Gasteiger partial charge in [-0.2, -0.15) is 9.29 Å². The molecule has 0 amide bonds. The van der Waals surface area contributed by atoms with E-state index in [1.165, 1.54) is 8.82 Å². The summed E-state index contributed by atoms with van der Waals surface area (Å²) < 4.78 is 27.8. The number of piperidine rings is 1. The largest absolute Gasteiger partial charge is 0.550 e. The lowest BCUT2D eigenvalue weighted by molar-refractivity contribution is -0.312. The van der Waals surface area contributed by atoms with Crippen molar-refractivity contribution < 1.29 is 18.3 Å². The summed E-state index contributed by atoms with van der Waals surface area (Å²) >= 11 is 0. The van der Waals surface area contributed by atoms with Crippen molar-refractivity contribution in [2.75, 3.05) is 13.1 Å². The molecule has 0 saturated carbocycles. The smallest absolute Gasteiger partial charge is 0.284 e. The van der Waals surface area contributed by atoms with Crippen LogP contribution in [0.2, 0.25) is 0 Å². The van der Waals surface area contributed by atoms with Crippen LogP contribution >= 0.6 is 0 Å². The molecule has 3 heterocycles. The highest BCUT2D eigenvalue weighted by Gasteiger charge is 2.33. The fourth-order valence-electron chi connectivity index (χ4n) is 2.70. The van der Waals surface area contributed by atoms with Gasteiger partial charge in [0.2, 0.25) is 0 Å². The van der Waals surface area contributed by atoms with Gasteiger partial charge in [0, 0.05) is 36.4 Å². The minimum Gasteiger partial charge on any atom is -0.550 e. The molecule has 0 N–H and O–H groups in total. The lowest BCUT2D eigenvalue weighted by Crippen LogP contribution is -2.43. The van der Waals surface area contributed by atoms with Gasteiger partial charge < -0.3 is 9.90 Å². The van der Waals surface area contributed by atoms with E-state index in [4.69, 9.17) is 0 Å². The minimum atomic E-state index is -3.87. The van der Waals surface area contributed by atoms with E-state index in [-0.39, 0.29) is 36.9 Å². The molecule has 0 atom stereocenters. The SMILES string of the molecule is Cc1cc(C)n2nc(S(=O)(=O)N3CCC(C(=O)[O-])CC3)nc2n1. The van der Waals surface area contributed by atoms with Gasteiger partial charge in [0.1, 0.15) is 0 Å². The first-order valence-electron chi connectivity index (χ1n) is 7.21. The van der Waals surface area contributed by atoms with Crippen LogP contribution in [0.1, 0.15) is 24.2 Å². The van der Waals surface area contributed by atoms with Crippen LogP contribution < -0.4 is 5.11 Å². The first-order chi connectivity index (χ1) is 10.8. The molecule has 9 nitrogen and oxygen atoms in total. The fraction of sp³-hybridized carbons (Fsp3) is 0.538. The van der Waals surface area contributed by atoms with Gasteiger partial charge in [-0.25, -0.2) is 17.9 Å². The van der Waals surface area contributed by atoms with Crippen LogP contribution in [-0.4, -0.2) is 51.4 Å². The van der Waals surface area contributed by atoms with Crippen molar-refractivity contribution in [1.29, 1.82) is 0 Å². The Hall–Kier alpha value is -2.07. The second kappa shape index (κ2) is 5.53. The Morgan fingerprint density at radius 1 is 1.26 bits per heavy atom. The third kappa shape index (κ3) is 2.79. The number of aromatic nitrogens is 4. The molecule has 1 aliphatic rings. The minimum absolute atomic E-state index is 0.113. The van der Waals surface area contributed by atoms with Crippen LogP contribution in [0.15, 0.2) is 11.2 Å². The Morgan fingerprint density at radius 2 is 1.91 bits per heavy atom. The van der Waals surface area contributed by atoms with E-state index in [0.717, 1.165) is 11.4 Å². The summed E-state index contributed by atoms with van der Waals surface area (Å²) in [7, 11) is -3.87. The molecule has 23 heavy (non-hydrogen) atoms. The average molecular weight is 338 g/mol. The number of sulfonamides is 1. The molecular weight excluding hydrogens is 322 g/mol. The molecular formula is C13H16N5O4S-. The van der Waals surface area contributed by atoms with Crippen molar-refractivity contribution in [1.82, 2.24) is 23.9 Å². The topological polar surface area (TPSA) is 121 Å². The zero-order chi connectivity index (χ0) is 16.8. The van der Waals surface area contributed by atoms with Crippen LogP contribution in [0.5, 0.6) is 0 Å². The predicted octanol–water partition coefficient (Wildman–Crippen LogP) is -1.11. The van der Waals surface area contributed by atoms with Crippen molar-refractivity contribution in [3.8, 4) is 0 Å². The summed E-state index contributed by atoms with van der Waals surface area (Å²) in [5.74, 6) is -1.52. The monoisotopic (exact) mass is 338 g/mol. The third-order valence-corrected chi connectivity index (χ3v) is 5.64. The number of hydrogen-bond acceptors (Lipinski definition) is 7. The van der Waals surface area contributed by atoms with Crippen LogP contribution in [0.25, 0.3) is 5.78 Å². The van der Waals surface area contributed by atoms with Gasteiger partial charge in [-0.15, -0.1) is 5.10 Å². The van der Waals surface area contributed by atoms with Crippen molar-refractivity contribution in [2.24, 2.45) is 5.92 Å². The summed E-state index contributed by atoms with van der Waals surface area (Å²) in [6.45, 7) is 3.81. The summed E-state index contributed by atoms with van der Waals surface area (Å²) in [6.07, 6.45) is 0.455. The number of fused-ring (bicyclic) bond motifs is 1. The molecule has 3 rings (SSSR count). The van der Waals surface area contributed by atoms with Gasteiger partial charge in [0.05, 0.1) is 0 Å². The highest BCUT2D eigenvalue weighted by molar-refractivity contribution is 7.88. The molecule has 2 aromatic heterocycles. The third-order valence-electron chi connectivity index (χ3n) is 3.96. The summed E-state index contributed by atoms with van der Waals surface area (Å²) in [5.41, 5.74) is 1.46. The molecule has 0 bridgehead atoms. The molecule has 0 unspecified atom stereocenters. The van der Waals surface area contributed by atoms with Gasteiger partial charge in [0.25, 0.3) is 21.0 Å².